The Balaban J connectivity index is 1.48. The molecule has 4 rings (SSSR count). The summed E-state index contributed by atoms with van der Waals surface area (Å²) in [5, 5.41) is 0. The number of carbonyl (C=O) groups is 1. The van der Waals surface area contributed by atoms with Crippen LogP contribution in [0.3, 0.4) is 0 Å². The van der Waals surface area contributed by atoms with Gasteiger partial charge in [-0.2, -0.15) is 0 Å². The molecule has 0 amide bonds. The van der Waals surface area contributed by atoms with Gasteiger partial charge in [0, 0.05) is 0 Å². The van der Waals surface area contributed by atoms with E-state index in [1.807, 2.05) is 93.5 Å². The lowest BCUT2D eigenvalue weighted by molar-refractivity contribution is 0.00578. The molecular formula is C27H36B2O6. The third-order valence-corrected chi connectivity index (χ3v) is 7.87. The fraction of sp³-hybridized carbons (Fsp3) is 0.519. The van der Waals surface area contributed by atoms with E-state index < -0.39 is 42.6 Å². The molecule has 2 fully saturated rings. The molecule has 186 valence electrons. The Labute approximate surface area is 209 Å². The van der Waals surface area contributed by atoms with Crippen LogP contribution < -0.4 is 15.7 Å². The highest BCUT2D eigenvalue weighted by Gasteiger charge is 2.52. The Morgan fingerprint density at radius 1 is 0.657 bits per heavy atom. The number of benzene rings is 2. The molecule has 0 radical (unpaired) electrons. The van der Waals surface area contributed by atoms with Gasteiger partial charge >= 0.3 is 20.2 Å². The van der Waals surface area contributed by atoms with Gasteiger partial charge in [-0.25, -0.2) is 4.79 Å². The molecule has 6 nitrogen and oxygen atoms in total. The maximum atomic E-state index is 12.9. The Kier molecular flexibility index (Phi) is 6.29. The van der Waals surface area contributed by atoms with E-state index in [1.165, 1.54) is 0 Å². The van der Waals surface area contributed by atoms with Crippen molar-refractivity contribution in [1.29, 1.82) is 0 Å². The van der Waals surface area contributed by atoms with Gasteiger partial charge in [0.1, 0.15) is 5.75 Å². The molecule has 2 heterocycles. The summed E-state index contributed by atoms with van der Waals surface area (Å²) in [6, 6.07) is 11.1. The minimum absolute atomic E-state index is 0.417. The maximum absolute atomic E-state index is 12.9. The van der Waals surface area contributed by atoms with E-state index >= 15 is 0 Å². The molecule has 0 N–H and O–H groups in total. The van der Waals surface area contributed by atoms with Crippen LogP contribution in [0.25, 0.3) is 0 Å². The second-order valence-corrected chi connectivity index (χ2v) is 11.7. The Bertz CT molecular complexity index is 1080. The summed E-state index contributed by atoms with van der Waals surface area (Å²) in [4.78, 5) is 12.9. The molecule has 35 heavy (non-hydrogen) atoms. The van der Waals surface area contributed by atoms with E-state index in [1.54, 1.807) is 12.1 Å². The monoisotopic (exact) mass is 478 g/mol. The van der Waals surface area contributed by atoms with E-state index in [9.17, 15) is 4.79 Å². The molecule has 2 aliphatic rings. The second-order valence-electron chi connectivity index (χ2n) is 11.7. The van der Waals surface area contributed by atoms with Gasteiger partial charge in [0.2, 0.25) is 0 Å². The van der Waals surface area contributed by atoms with Crippen LogP contribution in [0.15, 0.2) is 36.4 Å². The van der Waals surface area contributed by atoms with Gasteiger partial charge < -0.3 is 23.4 Å². The van der Waals surface area contributed by atoms with Crippen molar-refractivity contribution < 1.29 is 28.1 Å². The van der Waals surface area contributed by atoms with Crippen LogP contribution >= 0.6 is 0 Å². The highest BCUT2D eigenvalue weighted by Crippen LogP contribution is 2.38. The summed E-state index contributed by atoms with van der Waals surface area (Å²) in [5.41, 5.74) is 2.23. The van der Waals surface area contributed by atoms with Gasteiger partial charge in [0.05, 0.1) is 28.0 Å². The average molecular weight is 478 g/mol. The summed E-state index contributed by atoms with van der Waals surface area (Å²) in [6.45, 7) is 20.0. The zero-order valence-corrected chi connectivity index (χ0v) is 22.6. The Morgan fingerprint density at radius 3 is 1.43 bits per heavy atom. The lowest BCUT2D eigenvalue weighted by Gasteiger charge is -2.32. The molecular weight excluding hydrogens is 442 g/mol. The minimum atomic E-state index is -0.475. The number of hydrogen-bond donors (Lipinski definition) is 0. The van der Waals surface area contributed by atoms with Crippen molar-refractivity contribution in [3.63, 3.8) is 0 Å². The number of aryl methyl sites for hydroxylation is 2. The molecule has 0 spiro atoms. The van der Waals surface area contributed by atoms with Crippen molar-refractivity contribution in [3.8, 4) is 5.75 Å². The van der Waals surface area contributed by atoms with Crippen molar-refractivity contribution in [2.45, 2.75) is 91.6 Å². The normalized spacial score (nSPS) is 21.9. The van der Waals surface area contributed by atoms with Crippen LogP contribution in [0.1, 0.15) is 76.9 Å². The van der Waals surface area contributed by atoms with Gasteiger partial charge in [0.15, 0.2) is 0 Å². The molecule has 0 atom stereocenters. The number of esters is 1. The summed E-state index contributed by atoms with van der Waals surface area (Å²) >= 11 is 0. The quantitative estimate of drug-likeness (QED) is 0.375. The van der Waals surface area contributed by atoms with Gasteiger partial charge in [0.25, 0.3) is 0 Å². The predicted octanol–water partition coefficient (Wildman–Crippen LogP) is 4.12. The van der Waals surface area contributed by atoms with Crippen molar-refractivity contribution >= 4 is 31.1 Å². The number of carbonyl (C=O) groups excluding carboxylic acids is 1. The van der Waals surface area contributed by atoms with Crippen LogP contribution in [0, 0.1) is 13.8 Å². The summed E-state index contributed by atoms with van der Waals surface area (Å²) in [7, 11) is -0.943. The van der Waals surface area contributed by atoms with Gasteiger partial charge in [-0.1, -0.05) is 24.3 Å². The van der Waals surface area contributed by atoms with Crippen molar-refractivity contribution in [2.75, 3.05) is 0 Å². The third kappa shape index (κ3) is 4.69. The first kappa shape index (κ1) is 26.0. The highest BCUT2D eigenvalue weighted by atomic mass is 16.7. The second kappa shape index (κ2) is 8.48. The van der Waals surface area contributed by atoms with Crippen LogP contribution in [-0.2, 0) is 18.6 Å². The minimum Gasteiger partial charge on any atom is -0.422 e. The molecule has 0 saturated carbocycles. The Hall–Kier alpha value is -2.12. The number of rotatable bonds is 4. The van der Waals surface area contributed by atoms with Gasteiger partial charge in [-0.3, -0.25) is 0 Å². The fourth-order valence-electron chi connectivity index (χ4n) is 4.17. The fourth-order valence-corrected chi connectivity index (χ4v) is 4.17. The van der Waals surface area contributed by atoms with Gasteiger partial charge in [-0.15, -0.1) is 0 Å². The first-order chi connectivity index (χ1) is 16.0. The lowest BCUT2D eigenvalue weighted by atomic mass is 9.77. The molecule has 0 bridgehead atoms. The number of ether oxygens (including phenoxy) is 1. The molecule has 2 saturated heterocycles. The predicted molar refractivity (Wildman–Crippen MR) is 139 cm³/mol. The zero-order valence-electron chi connectivity index (χ0n) is 22.6. The van der Waals surface area contributed by atoms with E-state index in [2.05, 4.69) is 0 Å². The molecule has 0 aromatic heterocycles. The standard InChI is InChI=1S/C27H36B2O6/c1-17-15-21(29-34-26(7,8)27(9,10)35-29)16-18(2)22(17)31-23(30)19-11-13-20(14-12-19)28-32-24(3,4)25(5,6)33-28/h11-16H,1-10H3. The molecule has 2 aromatic rings. The van der Waals surface area contributed by atoms with E-state index in [4.69, 9.17) is 23.4 Å². The smallest absolute Gasteiger partial charge is 0.422 e. The van der Waals surface area contributed by atoms with E-state index in [-0.39, 0.29) is 0 Å². The van der Waals surface area contributed by atoms with E-state index in [0.29, 0.717) is 11.3 Å². The average Bonchev–Trinajstić information content (AvgIpc) is 3.10. The van der Waals surface area contributed by atoms with E-state index in [0.717, 1.165) is 22.1 Å². The summed E-state index contributed by atoms with van der Waals surface area (Å²) in [5.74, 6) is 0.130. The zero-order chi connectivity index (χ0) is 26.0. The Morgan fingerprint density at radius 2 is 1.03 bits per heavy atom. The first-order valence-corrected chi connectivity index (χ1v) is 12.2. The largest absolute Gasteiger partial charge is 0.494 e. The van der Waals surface area contributed by atoms with Crippen LogP contribution in [-0.4, -0.2) is 42.6 Å². The summed E-state index contributed by atoms with van der Waals surface area (Å²) < 4.78 is 30.4. The first-order valence-electron chi connectivity index (χ1n) is 12.2. The molecule has 0 unspecified atom stereocenters. The lowest BCUT2D eigenvalue weighted by Crippen LogP contribution is -2.41. The molecule has 2 aliphatic heterocycles. The summed E-state index contributed by atoms with van der Waals surface area (Å²) in [6.07, 6.45) is 0. The van der Waals surface area contributed by atoms with Crippen LogP contribution in [0.2, 0.25) is 0 Å². The van der Waals surface area contributed by atoms with Crippen molar-refractivity contribution in [1.82, 2.24) is 0 Å². The van der Waals surface area contributed by atoms with Crippen LogP contribution in [0.4, 0.5) is 0 Å². The molecule has 8 heteroatoms. The van der Waals surface area contributed by atoms with Crippen molar-refractivity contribution in [3.05, 3.63) is 53.1 Å². The van der Waals surface area contributed by atoms with Crippen molar-refractivity contribution in [2.24, 2.45) is 0 Å². The third-order valence-electron chi connectivity index (χ3n) is 7.87. The number of hydrogen-bond acceptors (Lipinski definition) is 6. The van der Waals surface area contributed by atoms with Gasteiger partial charge in [-0.05, 0) is 103 Å². The molecule has 2 aromatic carbocycles. The maximum Gasteiger partial charge on any atom is 0.494 e. The molecule has 0 aliphatic carbocycles. The topological polar surface area (TPSA) is 63.2 Å². The van der Waals surface area contributed by atoms with Crippen LogP contribution in [0.5, 0.6) is 5.75 Å². The highest BCUT2D eigenvalue weighted by molar-refractivity contribution is 6.62. The SMILES string of the molecule is Cc1cc(B2OC(C)(C)C(C)(C)O2)cc(C)c1OC(=O)c1ccc(B2OC(C)(C)C(C)(C)O2)cc1.